The molecule has 26 heavy (non-hydrogen) atoms. The van der Waals surface area contributed by atoms with Crippen molar-refractivity contribution >= 4 is 23.3 Å². The van der Waals surface area contributed by atoms with Crippen LogP contribution in [-0.4, -0.2) is 24.6 Å². The molecule has 0 radical (unpaired) electrons. The van der Waals surface area contributed by atoms with Crippen LogP contribution in [0.25, 0.3) is 0 Å². The van der Waals surface area contributed by atoms with Crippen molar-refractivity contribution in [2.24, 2.45) is 0 Å². The minimum absolute atomic E-state index is 0.0618. The Morgan fingerprint density at radius 3 is 2.04 bits per heavy atom. The van der Waals surface area contributed by atoms with Gasteiger partial charge in [0.25, 0.3) is 5.91 Å². The van der Waals surface area contributed by atoms with Crippen LogP contribution in [0.3, 0.4) is 0 Å². The number of amides is 3. The normalized spacial score (nSPS) is 10.3. The molecule has 0 saturated carbocycles. The summed E-state index contributed by atoms with van der Waals surface area (Å²) in [4.78, 5) is 23.6. The first kappa shape index (κ1) is 19.3. The maximum atomic E-state index is 12.0. The van der Waals surface area contributed by atoms with Crippen molar-refractivity contribution in [3.63, 3.8) is 0 Å². The number of hydrogen-bond donors (Lipinski definition) is 3. The smallest absolute Gasteiger partial charge is 0.319 e. The van der Waals surface area contributed by atoms with Crippen molar-refractivity contribution in [1.29, 1.82) is 0 Å². The van der Waals surface area contributed by atoms with E-state index in [1.807, 2.05) is 38.1 Å². The molecule has 0 bridgehead atoms. The molecule has 0 fully saturated rings. The van der Waals surface area contributed by atoms with Gasteiger partial charge in [-0.05, 0) is 62.2 Å². The second kappa shape index (κ2) is 9.46. The molecular weight excluding hydrogens is 330 g/mol. The summed E-state index contributed by atoms with van der Waals surface area (Å²) in [5, 5.41) is 8.22. The summed E-state index contributed by atoms with van der Waals surface area (Å²) in [6.07, 6.45) is 0.963. The van der Waals surface area contributed by atoms with Gasteiger partial charge in [0.05, 0.1) is 0 Å². The predicted molar refractivity (Wildman–Crippen MR) is 104 cm³/mol. The number of carbonyl (C=O) groups is 2. The SMILES string of the molecule is CCc1ccc(OCC(=O)Nc2ccc(NC(=O)NC(C)C)cc2)cc1. The molecule has 2 rings (SSSR count). The Balaban J connectivity index is 1.80. The second-order valence-electron chi connectivity index (χ2n) is 6.16. The number of aryl methyl sites for hydroxylation is 1. The van der Waals surface area contributed by atoms with Gasteiger partial charge in [0.2, 0.25) is 0 Å². The van der Waals surface area contributed by atoms with Gasteiger partial charge < -0.3 is 20.7 Å². The van der Waals surface area contributed by atoms with E-state index in [4.69, 9.17) is 4.74 Å². The van der Waals surface area contributed by atoms with Crippen LogP contribution in [0, 0.1) is 0 Å². The van der Waals surface area contributed by atoms with E-state index in [1.54, 1.807) is 24.3 Å². The van der Waals surface area contributed by atoms with Gasteiger partial charge in [-0.1, -0.05) is 19.1 Å². The third-order valence-electron chi connectivity index (χ3n) is 3.55. The maximum absolute atomic E-state index is 12.0. The Hall–Kier alpha value is -3.02. The van der Waals surface area contributed by atoms with Crippen molar-refractivity contribution < 1.29 is 14.3 Å². The Bertz CT molecular complexity index is 725. The van der Waals surface area contributed by atoms with E-state index in [-0.39, 0.29) is 24.6 Å². The van der Waals surface area contributed by atoms with Crippen molar-refractivity contribution in [3.05, 3.63) is 54.1 Å². The first-order valence-corrected chi connectivity index (χ1v) is 8.65. The second-order valence-corrected chi connectivity index (χ2v) is 6.16. The Kier molecular flexibility index (Phi) is 7.02. The van der Waals surface area contributed by atoms with Gasteiger partial charge in [0, 0.05) is 17.4 Å². The van der Waals surface area contributed by atoms with E-state index >= 15 is 0 Å². The molecule has 0 aliphatic heterocycles. The highest BCUT2D eigenvalue weighted by molar-refractivity contribution is 5.93. The fourth-order valence-corrected chi connectivity index (χ4v) is 2.23. The fraction of sp³-hybridized carbons (Fsp3) is 0.300. The maximum Gasteiger partial charge on any atom is 0.319 e. The molecule has 0 saturated heterocycles. The Morgan fingerprint density at radius 1 is 0.923 bits per heavy atom. The summed E-state index contributed by atoms with van der Waals surface area (Å²) in [5.74, 6) is 0.413. The number of rotatable bonds is 7. The minimum Gasteiger partial charge on any atom is -0.484 e. The number of benzene rings is 2. The van der Waals surface area contributed by atoms with Crippen LogP contribution < -0.4 is 20.7 Å². The summed E-state index contributed by atoms with van der Waals surface area (Å²) in [6, 6.07) is 14.4. The highest BCUT2D eigenvalue weighted by Gasteiger charge is 2.06. The van der Waals surface area contributed by atoms with Gasteiger partial charge in [-0.2, -0.15) is 0 Å². The molecule has 138 valence electrons. The van der Waals surface area contributed by atoms with Crippen molar-refractivity contribution in [1.82, 2.24) is 5.32 Å². The minimum atomic E-state index is -0.265. The summed E-state index contributed by atoms with van der Waals surface area (Å²) in [5.41, 5.74) is 2.50. The molecular formula is C20H25N3O3. The van der Waals surface area contributed by atoms with E-state index in [2.05, 4.69) is 22.9 Å². The monoisotopic (exact) mass is 355 g/mol. The van der Waals surface area contributed by atoms with Gasteiger partial charge in [-0.25, -0.2) is 4.79 Å². The molecule has 6 heteroatoms. The molecule has 6 nitrogen and oxygen atoms in total. The first-order chi connectivity index (χ1) is 12.5. The van der Waals surface area contributed by atoms with Gasteiger partial charge in [0.15, 0.2) is 6.61 Å². The van der Waals surface area contributed by atoms with Gasteiger partial charge in [0.1, 0.15) is 5.75 Å². The standard InChI is InChI=1S/C20H25N3O3/c1-4-15-5-11-18(12-6-15)26-13-19(24)22-16-7-9-17(10-8-16)23-20(25)21-14(2)3/h5-12,14H,4,13H2,1-3H3,(H,22,24)(H2,21,23,25). The number of anilines is 2. The van der Waals surface area contributed by atoms with E-state index in [0.29, 0.717) is 17.1 Å². The van der Waals surface area contributed by atoms with E-state index < -0.39 is 0 Å². The number of nitrogens with one attached hydrogen (secondary N) is 3. The van der Waals surface area contributed by atoms with Crippen molar-refractivity contribution in [2.45, 2.75) is 33.2 Å². The van der Waals surface area contributed by atoms with E-state index in [0.717, 1.165) is 6.42 Å². The molecule has 2 aromatic carbocycles. The number of urea groups is 1. The molecule has 0 aliphatic rings. The molecule has 0 aliphatic carbocycles. The van der Waals surface area contributed by atoms with E-state index in [1.165, 1.54) is 5.56 Å². The van der Waals surface area contributed by atoms with E-state index in [9.17, 15) is 9.59 Å². The lowest BCUT2D eigenvalue weighted by Gasteiger charge is -2.11. The average molecular weight is 355 g/mol. The van der Waals surface area contributed by atoms with Crippen LogP contribution in [0.5, 0.6) is 5.75 Å². The lowest BCUT2D eigenvalue weighted by atomic mass is 10.2. The summed E-state index contributed by atoms with van der Waals surface area (Å²) in [7, 11) is 0. The third-order valence-corrected chi connectivity index (χ3v) is 3.55. The molecule has 0 atom stereocenters. The molecule has 0 unspecified atom stereocenters. The van der Waals surface area contributed by atoms with Gasteiger partial charge in [-0.3, -0.25) is 4.79 Å². The topological polar surface area (TPSA) is 79.5 Å². The molecule has 3 N–H and O–H groups in total. The summed E-state index contributed by atoms with van der Waals surface area (Å²) >= 11 is 0. The summed E-state index contributed by atoms with van der Waals surface area (Å²) < 4.78 is 5.48. The lowest BCUT2D eigenvalue weighted by molar-refractivity contribution is -0.118. The van der Waals surface area contributed by atoms with Crippen LogP contribution in [0.2, 0.25) is 0 Å². The van der Waals surface area contributed by atoms with Gasteiger partial charge in [-0.15, -0.1) is 0 Å². The van der Waals surface area contributed by atoms with Crippen molar-refractivity contribution in [2.75, 3.05) is 17.2 Å². The molecule has 0 aromatic heterocycles. The molecule has 0 spiro atoms. The van der Waals surface area contributed by atoms with Crippen LogP contribution >= 0.6 is 0 Å². The van der Waals surface area contributed by atoms with Crippen LogP contribution in [-0.2, 0) is 11.2 Å². The summed E-state index contributed by atoms with van der Waals surface area (Å²) in [6.45, 7) is 5.79. The van der Waals surface area contributed by atoms with Crippen LogP contribution in [0.1, 0.15) is 26.3 Å². The quantitative estimate of drug-likeness (QED) is 0.707. The van der Waals surface area contributed by atoms with Gasteiger partial charge >= 0.3 is 6.03 Å². The third kappa shape index (κ3) is 6.47. The molecule has 3 amide bonds. The van der Waals surface area contributed by atoms with Crippen LogP contribution in [0.15, 0.2) is 48.5 Å². The molecule has 0 heterocycles. The first-order valence-electron chi connectivity index (χ1n) is 8.65. The molecule has 2 aromatic rings. The largest absolute Gasteiger partial charge is 0.484 e. The number of carbonyl (C=O) groups excluding carboxylic acids is 2. The Labute approximate surface area is 153 Å². The predicted octanol–water partition coefficient (Wildman–Crippen LogP) is 3.80. The highest BCUT2D eigenvalue weighted by Crippen LogP contribution is 2.15. The average Bonchev–Trinajstić information content (AvgIpc) is 2.61. The zero-order valence-corrected chi connectivity index (χ0v) is 15.3. The number of ether oxygens (including phenoxy) is 1. The highest BCUT2D eigenvalue weighted by atomic mass is 16.5. The zero-order chi connectivity index (χ0) is 18.9. The number of hydrogen-bond acceptors (Lipinski definition) is 3. The van der Waals surface area contributed by atoms with Crippen LogP contribution in [0.4, 0.5) is 16.2 Å². The van der Waals surface area contributed by atoms with Crippen molar-refractivity contribution in [3.8, 4) is 5.75 Å². The fourth-order valence-electron chi connectivity index (χ4n) is 2.23. The lowest BCUT2D eigenvalue weighted by Crippen LogP contribution is -2.34. The zero-order valence-electron chi connectivity index (χ0n) is 15.3. The Morgan fingerprint density at radius 2 is 1.50 bits per heavy atom.